The molecule has 2 aromatic rings. The van der Waals surface area contributed by atoms with Crippen LogP contribution < -0.4 is 5.32 Å². The van der Waals surface area contributed by atoms with E-state index >= 15 is 0 Å². The van der Waals surface area contributed by atoms with Gasteiger partial charge >= 0.3 is 0 Å². The number of benzene rings is 1. The molecule has 2 rings (SSSR count). The summed E-state index contributed by atoms with van der Waals surface area (Å²) in [5, 5.41) is 7.53. The van der Waals surface area contributed by atoms with Crippen LogP contribution in [0.25, 0.3) is 11.1 Å². The van der Waals surface area contributed by atoms with Crippen molar-refractivity contribution in [2.75, 3.05) is 7.05 Å². The quantitative estimate of drug-likeness (QED) is 0.920. The van der Waals surface area contributed by atoms with E-state index in [1.807, 2.05) is 40.1 Å². The lowest BCUT2D eigenvalue weighted by atomic mass is 9.98. The molecule has 0 aliphatic rings. The summed E-state index contributed by atoms with van der Waals surface area (Å²) < 4.78 is 15.9. The predicted molar refractivity (Wildman–Crippen MR) is 75.6 cm³/mol. The normalized spacial score (nSPS) is 12.7. The molecule has 3 nitrogen and oxygen atoms in total. The first kappa shape index (κ1) is 13.7. The van der Waals surface area contributed by atoms with Gasteiger partial charge < -0.3 is 5.32 Å². The molecular weight excluding hydrogens is 241 g/mol. The number of halogens is 1. The third-order valence-electron chi connectivity index (χ3n) is 3.70. The third kappa shape index (κ3) is 2.40. The summed E-state index contributed by atoms with van der Waals surface area (Å²) in [5.74, 6) is -0.203. The van der Waals surface area contributed by atoms with E-state index in [-0.39, 0.29) is 11.9 Å². The average molecular weight is 261 g/mol. The van der Waals surface area contributed by atoms with Gasteiger partial charge in [-0.25, -0.2) is 4.39 Å². The Bertz CT molecular complexity index is 602. The molecule has 1 aromatic heterocycles. The van der Waals surface area contributed by atoms with Crippen LogP contribution in [0.2, 0.25) is 0 Å². The molecule has 0 bridgehead atoms. The molecule has 1 heterocycles. The monoisotopic (exact) mass is 261 g/mol. The lowest BCUT2D eigenvalue weighted by Gasteiger charge is -2.13. The van der Waals surface area contributed by atoms with Gasteiger partial charge in [0.05, 0.1) is 5.69 Å². The summed E-state index contributed by atoms with van der Waals surface area (Å²) >= 11 is 0. The fourth-order valence-corrected chi connectivity index (χ4v) is 2.33. The van der Waals surface area contributed by atoms with Crippen LogP contribution in [-0.2, 0) is 7.05 Å². The second-order valence-electron chi connectivity index (χ2n) is 4.92. The van der Waals surface area contributed by atoms with E-state index in [2.05, 4.69) is 17.3 Å². The first-order valence-corrected chi connectivity index (χ1v) is 6.43. The van der Waals surface area contributed by atoms with Crippen molar-refractivity contribution in [1.82, 2.24) is 15.1 Å². The molecule has 0 saturated carbocycles. The summed E-state index contributed by atoms with van der Waals surface area (Å²) in [6.07, 6.45) is 0. The molecule has 0 fully saturated rings. The van der Waals surface area contributed by atoms with E-state index in [1.165, 1.54) is 6.07 Å². The highest BCUT2D eigenvalue weighted by Crippen LogP contribution is 2.31. The maximum absolute atomic E-state index is 14.1. The lowest BCUT2D eigenvalue weighted by Crippen LogP contribution is -2.12. The number of rotatable bonds is 3. The Morgan fingerprint density at radius 1 is 1.32 bits per heavy atom. The summed E-state index contributed by atoms with van der Waals surface area (Å²) in [6.45, 7) is 5.93. The van der Waals surface area contributed by atoms with Gasteiger partial charge in [0.15, 0.2) is 0 Å². The van der Waals surface area contributed by atoms with Crippen molar-refractivity contribution in [1.29, 1.82) is 0 Å². The summed E-state index contributed by atoms with van der Waals surface area (Å²) in [6, 6.07) is 5.45. The largest absolute Gasteiger partial charge is 0.313 e. The Hall–Kier alpha value is -1.68. The molecule has 102 valence electrons. The lowest BCUT2D eigenvalue weighted by molar-refractivity contribution is 0.622. The van der Waals surface area contributed by atoms with Gasteiger partial charge in [0.1, 0.15) is 5.82 Å². The topological polar surface area (TPSA) is 29.9 Å². The Morgan fingerprint density at radius 3 is 2.53 bits per heavy atom. The van der Waals surface area contributed by atoms with Gasteiger partial charge in [0, 0.05) is 29.9 Å². The van der Waals surface area contributed by atoms with Gasteiger partial charge in [-0.2, -0.15) is 5.10 Å². The molecule has 1 N–H and O–H groups in total. The maximum atomic E-state index is 14.1. The van der Waals surface area contributed by atoms with Crippen LogP contribution in [0.5, 0.6) is 0 Å². The van der Waals surface area contributed by atoms with Crippen LogP contribution in [0.4, 0.5) is 4.39 Å². The van der Waals surface area contributed by atoms with Crippen LogP contribution in [0.15, 0.2) is 18.2 Å². The number of hydrogen-bond acceptors (Lipinski definition) is 2. The number of hydrogen-bond donors (Lipinski definition) is 1. The minimum atomic E-state index is -0.203. The zero-order valence-corrected chi connectivity index (χ0v) is 12.1. The molecule has 0 radical (unpaired) electrons. The Morgan fingerprint density at radius 2 is 2.00 bits per heavy atom. The van der Waals surface area contributed by atoms with Gasteiger partial charge in [0.2, 0.25) is 0 Å². The van der Waals surface area contributed by atoms with Gasteiger partial charge in [0.25, 0.3) is 0 Å². The van der Waals surface area contributed by atoms with Gasteiger partial charge in [-0.15, -0.1) is 0 Å². The fraction of sp³-hybridized carbons (Fsp3) is 0.400. The van der Waals surface area contributed by atoms with E-state index in [0.717, 1.165) is 22.5 Å². The van der Waals surface area contributed by atoms with Gasteiger partial charge in [-0.3, -0.25) is 4.68 Å². The number of aromatic nitrogens is 2. The summed E-state index contributed by atoms with van der Waals surface area (Å²) in [7, 11) is 3.78. The molecular formula is C15H20FN3. The molecule has 0 amide bonds. The zero-order valence-electron chi connectivity index (χ0n) is 12.1. The summed E-state index contributed by atoms with van der Waals surface area (Å²) in [4.78, 5) is 0. The van der Waals surface area contributed by atoms with Crippen molar-refractivity contribution in [2.45, 2.75) is 26.8 Å². The second-order valence-corrected chi connectivity index (χ2v) is 4.92. The molecule has 0 aliphatic heterocycles. The molecule has 1 unspecified atom stereocenters. The molecule has 1 aromatic carbocycles. The highest BCUT2D eigenvalue weighted by molar-refractivity contribution is 5.69. The van der Waals surface area contributed by atoms with Crippen LogP contribution in [0, 0.1) is 19.7 Å². The third-order valence-corrected chi connectivity index (χ3v) is 3.70. The van der Waals surface area contributed by atoms with Crippen LogP contribution >= 0.6 is 0 Å². The predicted octanol–water partition coefficient (Wildman–Crippen LogP) is 3.12. The standard InChI is InChI=1S/C15H20FN3/c1-9(17-4)12-6-7-14(16)13(8-12)15-10(2)18-19(5)11(15)3/h6-9,17H,1-5H3. The van der Waals surface area contributed by atoms with E-state index in [1.54, 1.807) is 4.68 Å². The number of aryl methyl sites for hydroxylation is 2. The SMILES string of the molecule is CNC(C)c1ccc(F)c(-c2c(C)nn(C)c2C)c1. The van der Waals surface area contributed by atoms with E-state index in [4.69, 9.17) is 0 Å². The molecule has 4 heteroatoms. The Labute approximate surface area is 113 Å². The molecule has 0 saturated heterocycles. The maximum Gasteiger partial charge on any atom is 0.131 e. The second kappa shape index (κ2) is 5.13. The Kier molecular flexibility index (Phi) is 3.71. The average Bonchev–Trinajstić information content (AvgIpc) is 2.63. The number of nitrogens with one attached hydrogen (secondary N) is 1. The minimum absolute atomic E-state index is 0.191. The van der Waals surface area contributed by atoms with Crippen LogP contribution in [-0.4, -0.2) is 16.8 Å². The van der Waals surface area contributed by atoms with Crippen molar-refractivity contribution in [2.24, 2.45) is 7.05 Å². The fourth-order valence-electron chi connectivity index (χ4n) is 2.33. The van der Waals surface area contributed by atoms with Crippen molar-refractivity contribution < 1.29 is 4.39 Å². The minimum Gasteiger partial charge on any atom is -0.313 e. The smallest absolute Gasteiger partial charge is 0.131 e. The van der Waals surface area contributed by atoms with Crippen molar-refractivity contribution in [3.8, 4) is 11.1 Å². The number of nitrogens with zero attached hydrogens (tertiary/aromatic N) is 2. The summed E-state index contributed by atoms with van der Waals surface area (Å²) in [5.41, 5.74) is 4.42. The highest BCUT2D eigenvalue weighted by Gasteiger charge is 2.16. The van der Waals surface area contributed by atoms with Gasteiger partial charge in [-0.1, -0.05) is 6.07 Å². The highest BCUT2D eigenvalue weighted by atomic mass is 19.1. The van der Waals surface area contributed by atoms with Crippen molar-refractivity contribution >= 4 is 0 Å². The van der Waals surface area contributed by atoms with Crippen LogP contribution in [0.1, 0.15) is 29.9 Å². The van der Waals surface area contributed by atoms with E-state index < -0.39 is 0 Å². The van der Waals surface area contributed by atoms with E-state index in [9.17, 15) is 4.39 Å². The first-order chi connectivity index (χ1) is 8.95. The van der Waals surface area contributed by atoms with Crippen molar-refractivity contribution in [3.63, 3.8) is 0 Å². The molecule has 0 aliphatic carbocycles. The van der Waals surface area contributed by atoms with Gasteiger partial charge in [-0.05, 0) is 45.5 Å². The first-order valence-electron chi connectivity index (χ1n) is 6.43. The molecule has 0 spiro atoms. The van der Waals surface area contributed by atoms with Crippen molar-refractivity contribution in [3.05, 3.63) is 41.0 Å². The van der Waals surface area contributed by atoms with E-state index in [0.29, 0.717) is 5.56 Å². The molecule has 19 heavy (non-hydrogen) atoms. The Balaban J connectivity index is 2.61. The zero-order chi connectivity index (χ0) is 14.2. The molecule has 1 atom stereocenters. The van der Waals surface area contributed by atoms with Crippen LogP contribution in [0.3, 0.4) is 0 Å².